The van der Waals surface area contributed by atoms with Crippen LogP contribution in [0.2, 0.25) is 0 Å². The van der Waals surface area contributed by atoms with Crippen molar-refractivity contribution in [3.05, 3.63) is 89.5 Å². The van der Waals surface area contributed by atoms with E-state index in [2.05, 4.69) is 72.4 Å². The predicted molar refractivity (Wildman–Crippen MR) is 212 cm³/mol. The molecule has 1 aromatic heterocycles. The maximum atomic E-state index is 13.1. The van der Waals surface area contributed by atoms with Crippen LogP contribution in [0.15, 0.2) is 72.8 Å². The topological polar surface area (TPSA) is 154 Å². The lowest BCUT2D eigenvalue weighted by molar-refractivity contribution is -0.00822. The van der Waals surface area contributed by atoms with Gasteiger partial charge in [0.25, 0.3) is 0 Å². The summed E-state index contributed by atoms with van der Waals surface area (Å²) in [6.45, 7) is 13.3. The Bertz CT molecular complexity index is 1870. The summed E-state index contributed by atoms with van der Waals surface area (Å²) in [7, 11) is 1.33. The molecule has 0 saturated heterocycles. The normalized spacial score (nSPS) is 21.4. The Kier molecular flexibility index (Phi) is 11.7. The van der Waals surface area contributed by atoms with Gasteiger partial charge in [0.2, 0.25) is 17.8 Å². The average Bonchev–Trinajstić information content (AvgIpc) is 3.10. The van der Waals surface area contributed by atoms with Crippen molar-refractivity contribution in [3.8, 4) is 0 Å². The van der Waals surface area contributed by atoms with Crippen LogP contribution < -0.4 is 16.0 Å². The van der Waals surface area contributed by atoms with E-state index in [0.29, 0.717) is 45.6 Å². The van der Waals surface area contributed by atoms with Crippen LogP contribution in [-0.4, -0.2) is 52.2 Å². The minimum atomic E-state index is -0.441. The van der Waals surface area contributed by atoms with E-state index in [-0.39, 0.29) is 52.8 Å². The fraction of sp³-hybridized carbons (Fsp3) is 0.442. The molecule has 12 nitrogen and oxygen atoms in total. The number of carbonyl (C=O) groups is 3. The third-order valence-corrected chi connectivity index (χ3v) is 10.2. The van der Waals surface area contributed by atoms with Crippen molar-refractivity contribution in [2.45, 2.75) is 92.3 Å². The Morgan fingerprint density at radius 1 is 0.527 bits per heavy atom. The molecule has 3 N–H and O–H groups in total. The van der Waals surface area contributed by atoms with Crippen LogP contribution in [0.3, 0.4) is 0 Å². The van der Waals surface area contributed by atoms with Crippen molar-refractivity contribution >= 4 is 52.8 Å². The van der Waals surface area contributed by atoms with Gasteiger partial charge >= 0.3 is 17.9 Å². The van der Waals surface area contributed by atoms with E-state index in [1.54, 1.807) is 72.8 Å². The van der Waals surface area contributed by atoms with Gasteiger partial charge in [0.1, 0.15) is 12.2 Å². The van der Waals surface area contributed by atoms with Gasteiger partial charge in [-0.15, -0.1) is 0 Å². The standard InChI is InChI=1S/C43H52N6O6/c1-26-20-34(24-42(3,4)22-26)54-37(51)29-10-16-32(17-11-29)45-40-47-39(44-31-14-8-28(9-15-31)36(50)53-7)48-41(49-40)46-33-18-12-30(13-19-33)38(52)55-35-21-27(2)23-43(5,6)25-35/h8-19,26-27,34-35H,20-25H2,1-7H3,(H3,44,45,46,47,48,49). The van der Waals surface area contributed by atoms with Crippen LogP contribution in [-0.2, 0) is 14.2 Å². The van der Waals surface area contributed by atoms with E-state index in [1.807, 2.05) is 0 Å². The van der Waals surface area contributed by atoms with Gasteiger partial charge in [0.15, 0.2) is 0 Å². The number of hydrogen-bond donors (Lipinski definition) is 3. The number of rotatable bonds is 11. The number of carbonyl (C=O) groups excluding carboxylic acids is 3. The highest BCUT2D eigenvalue weighted by atomic mass is 16.5. The minimum Gasteiger partial charge on any atom is -0.465 e. The largest absolute Gasteiger partial charge is 0.465 e. The Hall–Kier alpha value is -5.52. The van der Waals surface area contributed by atoms with Crippen LogP contribution in [0.4, 0.5) is 34.9 Å². The van der Waals surface area contributed by atoms with Crippen LogP contribution in [0, 0.1) is 22.7 Å². The molecule has 0 amide bonds. The second-order valence-corrected chi connectivity index (χ2v) is 16.8. The van der Waals surface area contributed by atoms with E-state index in [4.69, 9.17) is 14.2 Å². The molecule has 4 atom stereocenters. The number of aromatic nitrogens is 3. The van der Waals surface area contributed by atoms with Gasteiger partial charge in [-0.05, 0) is 134 Å². The highest BCUT2D eigenvalue weighted by Crippen LogP contribution is 2.41. The van der Waals surface area contributed by atoms with E-state index in [9.17, 15) is 14.4 Å². The summed E-state index contributed by atoms with van der Waals surface area (Å²) in [6.07, 6.45) is 5.46. The van der Waals surface area contributed by atoms with Crippen molar-refractivity contribution in [3.63, 3.8) is 0 Å². The third kappa shape index (κ3) is 10.8. The lowest BCUT2D eigenvalue weighted by Gasteiger charge is -2.38. The molecule has 290 valence electrons. The molecule has 0 spiro atoms. The first-order valence-electron chi connectivity index (χ1n) is 19.0. The monoisotopic (exact) mass is 748 g/mol. The van der Waals surface area contributed by atoms with E-state index < -0.39 is 5.97 Å². The zero-order valence-corrected chi connectivity index (χ0v) is 32.8. The second-order valence-electron chi connectivity index (χ2n) is 16.8. The lowest BCUT2D eigenvalue weighted by atomic mass is 9.71. The Morgan fingerprint density at radius 2 is 0.836 bits per heavy atom. The first-order valence-corrected chi connectivity index (χ1v) is 19.0. The Labute approximate surface area is 323 Å². The van der Waals surface area contributed by atoms with Crippen molar-refractivity contribution in [1.29, 1.82) is 0 Å². The zero-order chi connectivity index (χ0) is 39.3. The summed E-state index contributed by atoms with van der Waals surface area (Å²) in [6, 6.07) is 20.7. The Morgan fingerprint density at radius 3 is 1.13 bits per heavy atom. The molecule has 3 aromatic carbocycles. The highest BCUT2D eigenvalue weighted by molar-refractivity contribution is 5.91. The maximum Gasteiger partial charge on any atom is 0.338 e. The molecule has 2 aliphatic carbocycles. The average molecular weight is 749 g/mol. The number of benzene rings is 3. The SMILES string of the molecule is COC(=O)c1ccc(Nc2nc(Nc3ccc(C(=O)OC4CC(C)CC(C)(C)C4)cc3)nc(Nc3ccc(C(=O)OC4CC(C)CC(C)(C)C4)cc3)n2)cc1. The number of methoxy groups -OCH3 is 1. The van der Waals surface area contributed by atoms with Gasteiger partial charge < -0.3 is 30.2 Å². The predicted octanol–water partition coefficient (Wildman–Crippen LogP) is 9.63. The molecule has 4 unspecified atom stereocenters. The summed E-state index contributed by atoms with van der Waals surface area (Å²) >= 11 is 0. The first-order chi connectivity index (χ1) is 26.1. The van der Waals surface area contributed by atoms with Gasteiger partial charge in [-0.3, -0.25) is 0 Å². The number of nitrogens with one attached hydrogen (secondary N) is 3. The molecule has 2 saturated carbocycles. The number of nitrogens with zero attached hydrogens (tertiary/aromatic N) is 3. The molecular weight excluding hydrogens is 697 g/mol. The molecular formula is C43H52N6O6. The molecule has 0 radical (unpaired) electrons. The quantitative estimate of drug-likeness (QED) is 0.0988. The molecule has 1 heterocycles. The highest BCUT2D eigenvalue weighted by Gasteiger charge is 2.35. The molecule has 0 bridgehead atoms. The van der Waals surface area contributed by atoms with Crippen LogP contribution >= 0.6 is 0 Å². The second kappa shape index (κ2) is 16.5. The molecule has 0 aliphatic heterocycles. The molecule has 2 aliphatic rings. The molecule has 55 heavy (non-hydrogen) atoms. The van der Waals surface area contributed by atoms with E-state index in [0.717, 1.165) is 38.5 Å². The van der Waals surface area contributed by atoms with Crippen molar-refractivity contribution in [1.82, 2.24) is 15.0 Å². The van der Waals surface area contributed by atoms with Crippen LogP contribution in [0.5, 0.6) is 0 Å². The van der Waals surface area contributed by atoms with Crippen LogP contribution in [0.1, 0.15) is 111 Å². The summed E-state index contributed by atoms with van der Waals surface area (Å²) in [5.41, 5.74) is 3.52. The van der Waals surface area contributed by atoms with Gasteiger partial charge in [-0.25, -0.2) is 14.4 Å². The van der Waals surface area contributed by atoms with Gasteiger partial charge in [-0.2, -0.15) is 15.0 Å². The van der Waals surface area contributed by atoms with Crippen molar-refractivity contribution in [2.24, 2.45) is 22.7 Å². The minimum absolute atomic E-state index is 0.106. The number of anilines is 6. The van der Waals surface area contributed by atoms with Gasteiger partial charge in [0, 0.05) is 17.1 Å². The van der Waals surface area contributed by atoms with E-state index >= 15 is 0 Å². The molecule has 4 aromatic rings. The lowest BCUT2D eigenvalue weighted by Crippen LogP contribution is -2.34. The fourth-order valence-corrected chi connectivity index (χ4v) is 8.25. The number of ether oxygens (including phenoxy) is 3. The zero-order valence-electron chi connectivity index (χ0n) is 32.8. The van der Waals surface area contributed by atoms with Crippen molar-refractivity contribution < 1.29 is 28.6 Å². The maximum absolute atomic E-state index is 13.1. The Balaban J connectivity index is 1.16. The van der Waals surface area contributed by atoms with Crippen LogP contribution in [0.25, 0.3) is 0 Å². The number of esters is 3. The van der Waals surface area contributed by atoms with Crippen molar-refractivity contribution in [2.75, 3.05) is 23.1 Å². The number of hydrogen-bond acceptors (Lipinski definition) is 12. The smallest absolute Gasteiger partial charge is 0.338 e. The molecule has 2 fully saturated rings. The molecule has 12 heteroatoms. The van der Waals surface area contributed by atoms with Gasteiger partial charge in [-0.1, -0.05) is 41.5 Å². The molecule has 6 rings (SSSR count). The third-order valence-electron chi connectivity index (χ3n) is 10.2. The van der Waals surface area contributed by atoms with E-state index in [1.165, 1.54) is 7.11 Å². The summed E-state index contributed by atoms with van der Waals surface area (Å²) in [4.78, 5) is 51.8. The fourth-order valence-electron chi connectivity index (χ4n) is 8.25. The van der Waals surface area contributed by atoms with Gasteiger partial charge in [0.05, 0.1) is 23.8 Å². The summed E-state index contributed by atoms with van der Waals surface area (Å²) in [5, 5.41) is 9.58. The summed E-state index contributed by atoms with van der Waals surface area (Å²) < 4.78 is 16.6. The summed E-state index contributed by atoms with van der Waals surface area (Å²) in [5.74, 6) is 0.544. The first kappa shape index (κ1) is 39.2.